The lowest BCUT2D eigenvalue weighted by molar-refractivity contribution is -0.137. The molecule has 1 aromatic heterocycles. The second kappa shape index (κ2) is 9.52. The molecule has 0 radical (unpaired) electrons. The van der Waals surface area contributed by atoms with Crippen molar-refractivity contribution >= 4 is 11.5 Å². The zero-order chi connectivity index (χ0) is 22.6. The molecule has 0 N–H and O–H groups in total. The van der Waals surface area contributed by atoms with E-state index in [1.54, 1.807) is 29.1 Å². The van der Waals surface area contributed by atoms with Gasteiger partial charge in [-0.15, -0.1) is 5.10 Å². The molecule has 1 saturated heterocycles. The number of nitrogens with zero attached hydrogens (tertiary/aromatic N) is 5. The summed E-state index contributed by atoms with van der Waals surface area (Å²) in [5.74, 6) is -0.150. The number of alkyl halides is 3. The maximum Gasteiger partial charge on any atom is 0.416 e. The number of rotatable bonds is 7. The fourth-order valence-electron chi connectivity index (χ4n) is 3.81. The number of carbonyl (C=O) groups is 1. The van der Waals surface area contributed by atoms with Gasteiger partial charge in [-0.1, -0.05) is 41.6 Å². The van der Waals surface area contributed by atoms with Crippen LogP contribution < -0.4 is 4.90 Å². The summed E-state index contributed by atoms with van der Waals surface area (Å²) in [6.07, 6.45) is -1.82. The van der Waals surface area contributed by atoms with Crippen LogP contribution >= 0.6 is 0 Å². The van der Waals surface area contributed by atoms with Gasteiger partial charge in [-0.2, -0.15) is 13.2 Å². The number of halogens is 3. The molecule has 0 amide bonds. The largest absolute Gasteiger partial charge is 0.416 e. The van der Waals surface area contributed by atoms with Crippen LogP contribution in [0.4, 0.5) is 18.9 Å². The molecule has 0 aliphatic carbocycles. The van der Waals surface area contributed by atoms with Crippen molar-refractivity contribution in [1.82, 2.24) is 19.9 Å². The van der Waals surface area contributed by atoms with E-state index in [9.17, 15) is 18.0 Å². The maximum atomic E-state index is 13.0. The van der Waals surface area contributed by atoms with Gasteiger partial charge in [-0.3, -0.25) is 14.4 Å². The summed E-state index contributed by atoms with van der Waals surface area (Å²) in [7, 11) is 0. The number of anilines is 1. The molecule has 0 saturated carbocycles. The van der Waals surface area contributed by atoms with E-state index in [0.29, 0.717) is 36.6 Å². The van der Waals surface area contributed by atoms with Crippen LogP contribution in [0, 0.1) is 0 Å². The van der Waals surface area contributed by atoms with Crippen LogP contribution in [0.25, 0.3) is 0 Å². The molecular weight excluding hydrogens is 419 g/mol. The van der Waals surface area contributed by atoms with Crippen molar-refractivity contribution in [3.8, 4) is 0 Å². The Kier molecular flexibility index (Phi) is 6.55. The van der Waals surface area contributed by atoms with Crippen molar-refractivity contribution in [1.29, 1.82) is 0 Å². The third kappa shape index (κ3) is 5.34. The number of aryl methyl sites for hydroxylation is 1. The number of piperazine rings is 1. The third-order valence-electron chi connectivity index (χ3n) is 5.58. The van der Waals surface area contributed by atoms with Crippen molar-refractivity contribution in [3.05, 3.63) is 77.6 Å². The highest BCUT2D eigenvalue weighted by Crippen LogP contribution is 2.31. The first-order valence-electron chi connectivity index (χ1n) is 10.5. The lowest BCUT2D eigenvalue weighted by atomic mass is 10.1. The van der Waals surface area contributed by atoms with E-state index in [2.05, 4.69) is 15.2 Å². The first-order chi connectivity index (χ1) is 15.4. The topological polar surface area (TPSA) is 54.3 Å². The van der Waals surface area contributed by atoms with Gasteiger partial charge in [0.25, 0.3) is 0 Å². The molecule has 0 atom stereocenters. The van der Waals surface area contributed by atoms with E-state index < -0.39 is 11.7 Å². The Balaban J connectivity index is 1.23. The molecule has 9 heteroatoms. The number of hydrogen-bond donors (Lipinski definition) is 0. The molecule has 168 valence electrons. The van der Waals surface area contributed by atoms with Crippen LogP contribution in [0.1, 0.15) is 28.0 Å². The highest BCUT2D eigenvalue weighted by atomic mass is 19.4. The number of ketones is 1. The minimum absolute atomic E-state index is 0.150. The van der Waals surface area contributed by atoms with Gasteiger partial charge in [0.1, 0.15) is 0 Å². The minimum atomic E-state index is -4.33. The predicted molar refractivity (Wildman–Crippen MR) is 115 cm³/mol. The maximum absolute atomic E-state index is 13.0. The summed E-state index contributed by atoms with van der Waals surface area (Å²) >= 11 is 0. The van der Waals surface area contributed by atoms with Crippen molar-refractivity contribution < 1.29 is 18.0 Å². The average molecular weight is 443 g/mol. The quantitative estimate of drug-likeness (QED) is 0.521. The molecule has 0 bridgehead atoms. The number of carbonyl (C=O) groups excluding carboxylic acids is 1. The Morgan fingerprint density at radius 3 is 2.41 bits per heavy atom. The first-order valence-corrected chi connectivity index (χ1v) is 10.5. The van der Waals surface area contributed by atoms with E-state index in [0.717, 1.165) is 32.1 Å². The molecule has 32 heavy (non-hydrogen) atoms. The normalized spacial score (nSPS) is 15.2. The SMILES string of the molecule is O=C(c1ccccc1)c1cn(CCCN2CCN(c3cccc(C(F)(F)F)c3)CC2)nn1. The third-order valence-corrected chi connectivity index (χ3v) is 5.58. The van der Waals surface area contributed by atoms with Gasteiger partial charge in [0.15, 0.2) is 5.69 Å². The van der Waals surface area contributed by atoms with Crippen molar-refractivity contribution in [3.63, 3.8) is 0 Å². The Labute approximate surface area is 184 Å². The molecule has 0 spiro atoms. The summed E-state index contributed by atoms with van der Waals surface area (Å²) < 4.78 is 40.5. The molecule has 4 rings (SSSR count). The Hall–Kier alpha value is -3.20. The van der Waals surface area contributed by atoms with Gasteiger partial charge >= 0.3 is 6.18 Å². The van der Waals surface area contributed by atoms with Crippen molar-refractivity contribution in [2.24, 2.45) is 0 Å². The summed E-state index contributed by atoms with van der Waals surface area (Å²) in [6, 6.07) is 14.5. The zero-order valence-electron chi connectivity index (χ0n) is 17.5. The van der Waals surface area contributed by atoms with Crippen LogP contribution in [0.15, 0.2) is 60.8 Å². The van der Waals surface area contributed by atoms with Gasteiger partial charge in [0, 0.05) is 50.5 Å². The lowest BCUT2D eigenvalue weighted by Crippen LogP contribution is -2.46. The Morgan fingerprint density at radius 2 is 1.69 bits per heavy atom. The van der Waals surface area contributed by atoms with E-state index in [1.165, 1.54) is 12.1 Å². The highest BCUT2D eigenvalue weighted by molar-refractivity contribution is 6.07. The fourth-order valence-corrected chi connectivity index (χ4v) is 3.81. The molecule has 6 nitrogen and oxygen atoms in total. The van der Waals surface area contributed by atoms with Gasteiger partial charge in [0.05, 0.1) is 11.8 Å². The van der Waals surface area contributed by atoms with E-state index in [-0.39, 0.29) is 5.78 Å². The molecule has 3 aromatic rings. The standard InChI is InChI=1S/C23H24F3N5O/c24-23(25,26)19-8-4-9-20(16-19)30-14-12-29(13-15-30)10-5-11-31-17-21(27-28-31)22(32)18-6-2-1-3-7-18/h1-4,6-9,16-17H,5,10-15H2. The first kappa shape index (κ1) is 22.0. The van der Waals surface area contributed by atoms with E-state index in [1.807, 2.05) is 23.1 Å². The highest BCUT2D eigenvalue weighted by Gasteiger charge is 2.31. The molecule has 1 aliphatic rings. The molecular formula is C23H24F3N5O. The Morgan fingerprint density at radius 1 is 0.938 bits per heavy atom. The molecule has 1 fully saturated rings. The van der Waals surface area contributed by atoms with Gasteiger partial charge < -0.3 is 4.90 Å². The van der Waals surface area contributed by atoms with Gasteiger partial charge in [0.2, 0.25) is 5.78 Å². The van der Waals surface area contributed by atoms with Crippen LogP contribution in [0.5, 0.6) is 0 Å². The summed E-state index contributed by atoms with van der Waals surface area (Å²) in [5, 5.41) is 8.04. The second-order valence-corrected chi connectivity index (χ2v) is 7.79. The van der Waals surface area contributed by atoms with Gasteiger partial charge in [-0.25, -0.2) is 0 Å². The Bertz CT molecular complexity index is 1040. The van der Waals surface area contributed by atoms with Gasteiger partial charge in [-0.05, 0) is 24.6 Å². The monoisotopic (exact) mass is 443 g/mol. The summed E-state index contributed by atoms with van der Waals surface area (Å²) in [4.78, 5) is 16.7. The van der Waals surface area contributed by atoms with Crippen LogP contribution in [-0.2, 0) is 12.7 Å². The number of benzene rings is 2. The fraction of sp³-hybridized carbons (Fsp3) is 0.348. The smallest absolute Gasteiger partial charge is 0.369 e. The van der Waals surface area contributed by atoms with Crippen molar-refractivity contribution in [2.45, 2.75) is 19.1 Å². The van der Waals surface area contributed by atoms with Crippen molar-refractivity contribution in [2.75, 3.05) is 37.6 Å². The molecule has 1 aliphatic heterocycles. The van der Waals surface area contributed by atoms with E-state index in [4.69, 9.17) is 0 Å². The predicted octanol–water partition coefficient (Wildman–Crippen LogP) is 3.74. The average Bonchev–Trinajstić information content (AvgIpc) is 3.28. The van der Waals surface area contributed by atoms with E-state index >= 15 is 0 Å². The number of hydrogen-bond acceptors (Lipinski definition) is 5. The second-order valence-electron chi connectivity index (χ2n) is 7.79. The zero-order valence-corrected chi connectivity index (χ0v) is 17.5. The minimum Gasteiger partial charge on any atom is -0.369 e. The molecule has 2 aromatic carbocycles. The lowest BCUT2D eigenvalue weighted by Gasteiger charge is -2.36. The summed E-state index contributed by atoms with van der Waals surface area (Å²) in [6.45, 7) is 4.42. The number of aromatic nitrogens is 3. The molecule has 2 heterocycles. The molecule has 0 unspecified atom stereocenters. The van der Waals surface area contributed by atoms with Crippen LogP contribution in [-0.4, -0.2) is 58.4 Å². The summed E-state index contributed by atoms with van der Waals surface area (Å²) in [5.41, 5.74) is 0.900. The van der Waals surface area contributed by atoms with Crippen LogP contribution in [0.2, 0.25) is 0 Å². The van der Waals surface area contributed by atoms with Crippen LogP contribution in [0.3, 0.4) is 0 Å².